The summed E-state index contributed by atoms with van der Waals surface area (Å²) in [6.45, 7) is 4.39. The van der Waals surface area contributed by atoms with Crippen molar-refractivity contribution in [3.05, 3.63) is 71.9 Å². The minimum absolute atomic E-state index is 0.00105. The maximum absolute atomic E-state index is 12.7. The van der Waals surface area contributed by atoms with E-state index in [1.165, 1.54) is 11.1 Å². The van der Waals surface area contributed by atoms with Crippen LogP contribution in [0.1, 0.15) is 24.0 Å². The first-order valence-electron chi connectivity index (χ1n) is 11.2. The van der Waals surface area contributed by atoms with Gasteiger partial charge in [0.2, 0.25) is 16.0 Å². The molecule has 32 heavy (non-hydrogen) atoms. The quantitative estimate of drug-likeness (QED) is 0.480. The summed E-state index contributed by atoms with van der Waals surface area (Å²) >= 11 is 1.59. The van der Waals surface area contributed by atoms with Crippen molar-refractivity contribution in [3.63, 3.8) is 0 Å². The number of carbonyl (C=O) groups excluding carboxylic acids is 1. The first-order chi connectivity index (χ1) is 15.7. The first kappa shape index (κ1) is 20.7. The van der Waals surface area contributed by atoms with Crippen molar-refractivity contribution in [2.24, 2.45) is 5.92 Å². The summed E-state index contributed by atoms with van der Waals surface area (Å²) in [5, 5.41) is 8.82. The molecule has 5 rings (SSSR count). The van der Waals surface area contributed by atoms with Gasteiger partial charge >= 0.3 is 0 Å². The van der Waals surface area contributed by atoms with Crippen molar-refractivity contribution < 1.29 is 4.79 Å². The zero-order chi connectivity index (χ0) is 21.9. The average molecular weight is 446 g/mol. The number of carbonyl (C=O) groups is 1. The van der Waals surface area contributed by atoms with Crippen LogP contribution >= 0.6 is 11.3 Å². The second-order valence-corrected chi connectivity index (χ2v) is 9.35. The third-order valence-corrected chi connectivity index (χ3v) is 6.98. The Bertz CT molecular complexity index is 1170. The number of benzene rings is 2. The van der Waals surface area contributed by atoms with E-state index in [9.17, 15) is 4.79 Å². The Kier molecular flexibility index (Phi) is 5.90. The van der Waals surface area contributed by atoms with Gasteiger partial charge < -0.3 is 10.2 Å². The monoisotopic (exact) mass is 445 g/mol. The molecule has 1 aliphatic heterocycles. The Hall–Kier alpha value is -3.19. The van der Waals surface area contributed by atoms with Crippen LogP contribution in [0.4, 0.5) is 5.13 Å². The molecule has 6 nitrogen and oxygen atoms in total. The molecular formula is C25H27N5OS. The van der Waals surface area contributed by atoms with E-state index in [1.807, 2.05) is 28.9 Å². The summed E-state index contributed by atoms with van der Waals surface area (Å²) in [6.07, 6.45) is 4.76. The van der Waals surface area contributed by atoms with E-state index in [2.05, 4.69) is 53.5 Å². The summed E-state index contributed by atoms with van der Waals surface area (Å²) in [7, 11) is 0. The van der Waals surface area contributed by atoms with Crippen LogP contribution in [0.25, 0.3) is 16.2 Å². The number of imidazole rings is 1. The SMILES string of the molecule is Cc1ccc(-c2cn3nc(N4CCC[C@@H](C(=O)NCCc5ccccc5)C4)sc3n2)cc1. The molecule has 0 bridgehead atoms. The van der Waals surface area contributed by atoms with E-state index in [0.717, 1.165) is 47.2 Å². The maximum Gasteiger partial charge on any atom is 0.224 e. The van der Waals surface area contributed by atoms with E-state index in [1.54, 1.807) is 11.3 Å². The smallest absolute Gasteiger partial charge is 0.224 e. The molecule has 0 aliphatic carbocycles. The molecule has 1 aliphatic rings. The van der Waals surface area contributed by atoms with Gasteiger partial charge in [0.25, 0.3) is 0 Å². The van der Waals surface area contributed by atoms with Crippen LogP contribution < -0.4 is 10.2 Å². The van der Waals surface area contributed by atoms with Gasteiger partial charge in [-0.25, -0.2) is 9.50 Å². The van der Waals surface area contributed by atoms with Gasteiger partial charge in [0, 0.05) is 25.2 Å². The predicted octanol–water partition coefficient (Wildman–Crippen LogP) is 4.34. The highest BCUT2D eigenvalue weighted by Crippen LogP contribution is 2.29. The van der Waals surface area contributed by atoms with Crippen molar-refractivity contribution in [2.75, 3.05) is 24.5 Å². The van der Waals surface area contributed by atoms with Gasteiger partial charge in [0.1, 0.15) is 0 Å². The zero-order valence-corrected chi connectivity index (χ0v) is 19.0. The average Bonchev–Trinajstić information content (AvgIpc) is 3.40. The number of amides is 1. The third-order valence-electron chi connectivity index (χ3n) is 6.00. The molecule has 2 aromatic carbocycles. The Morgan fingerprint density at radius 2 is 1.97 bits per heavy atom. The highest BCUT2D eigenvalue weighted by molar-refractivity contribution is 7.20. The fraction of sp³-hybridized carbons (Fsp3) is 0.320. The van der Waals surface area contributed by atoms with Crippen LogP contribution in [-0.4, -0.2) is 40.1 Å². The lowest BCUT2D eigenvalue weighted by Crippen LogP contribution is -2.43. The normalized spacial score (nSPS) is 16.4. The van der Waals surface area contributed by atoms with E-state index in [-0.39, 0.29) is 11.8 Å². The first-order valence-corrected chi connectivity index (χ1v) is 12.0. The summed E-state index contributed by atoms with van der Waals surface area (Å²) in [5.41, 5.74) is 4.51. The number of rotatable bonds is 6. The summed E-state index contributed by atoms with van der Waals surface area (Å²) in [6, 6.07) is 18.6. The van der Waals surface area contributed by atoms with Crippen LogP contribution in [-0.2, 0) is 11.2 Å². The van der Waals surface area contributed by atoms with Crippen LogP contribution in [0.3, 0.4) is 0 Å². The second-order valence-electron chi connectivity index (χ2n) is 8.42. The summed E-state index contributed by atoms with van der Waals surface area (Å²) in [5.74, 6) is 0.146. The van der Waals surface area contributed by atoms with Crippen LogP contribution in [0.5, 0.6) is 0 Å². The predicted molar refractivity (Wildman–Crippen MR) is 129 cm³/mol. The van der Waals surface area contributed by atoms with E-state index in [0.29, 0.717) is 13.1 Å². The Morgan fingerprint density at radius 1 is 1.16 bits per heavy atom. The van der Waals surface area contributed by atoms with Crippen molar-refractivity contribution in [1.29, 1.82) is 0 Å². The molecule has 3 heterocycles. The van der Waals surface area contributed by atoms with Crippen molar-refractivity contribution >= 4 is 27.3 Å². The number of hydrogen-bond donors (Lipinski definition) is 1. The third kappa shape index (κ3) is 4.53. The molecule has 0 unspecified atom stereocenters. The number of fused-ring (bicyclic) bond motifs is 1. The molecule has 4 aromatic rings. The number of nitrogens with zero attached hydrogens (tertiary/aromatic N) is 4. The molecule has 7 heteroatoms. The lowest BCUT2D eigenvalue weighted by atomic mass is 9.97. The molecule has 2 aromatic heterocycles. The van der Waals surface area contributed by atoms with Crippen molar-refractivity contribution in [1.82, 2.24) is 19.9 Å². The fourth-order valence-corrected chi connectivity index (χ4v) is 5.08. The zero-order valence-electron chi connectivity index (χ0n) is 18.2. The van der Waals surface area contributed by atoms with Gasteiger partial charge in [0.15, 0.2) is 0 Å². The van der Waals surface area contributed by atoms with Gasteiger partial charge in [-0.2, -0.15) is 0 Å². The van der Waals surface area contributed by atoms with Crippen LogP contribution in [0.2, 0.25) is 0 Å². The van der Waals surface area contributed by atoms with E-state index in [4.69, 9.17) is 10.1 Å². The molecule has 1 amide bonds. The Morgan fingerprint density at radius 3 is 2.75 bits per heavy atom. The number of anilines is 1. The molecule has 0 radical (unpaired) electrons. The maximum atomic E-state index is 12.7. The lowest BCUT2D eigenvalue weighted by molar-refractivity contribution is -0.125. The number of nitrogens with one attached hydrogen (secondary N) is 1. The number of aryl methyl sites for hydroxylation is 1. The van der Waals surface area contributed by atoms with Gasteiger partial charge in [-0.15, -0.1) is 5.10 Å². The summed E-state index contributed by atoms with van der Waals surface area (Å²) < 4.78 is 1.86. The topological polar surface area (TPSA) is 62.5 Å². The highest BCUT2D eigenvalue weighted by Gasteiger charge is 2.27. The molecule has 0 spiro atoms. The van der Waals surface area contributed by atoms with Gasteiger partial charge in [-0.05, 0) is 31.7 Å². The van der Waals surface area contributed by atoms with E-state index >= 15 is 0 Å². The minimum atomic E-state index is -0.00105. The molecule has 164 valence electrons. The van der Waals surface area contributed by atoms with Crippen LogP contribution in [0, 0.1) is 12.8 Å². The molecule has 1 atom stereocenters. The van der Waals surface area contributed by atoms with Gasteiger partial charge in [-0.3, -0.25) is 4.79 Å². The lowest BCUT2D eigenvalue weighted by Gasteiger charge is -2.31. The van der Waals surface area contributed by atoms with E-state index < -0.39 is 0 Å². The van der Waals surface area contributed by atoms with Gasteiger partial charge in [0.05, 0.1) is 17.8 Å². The molecule has 0 saturated carbocycles. The fourth-order valence-electron chi connectivity index (χ4n) is 4.16. The number of aromatic nitrogens is 3. The number of piperidine rings is 1. The Labute approximate surface area is 191 Å². The summed E-state index contributed by atoms with van der Waals surface area (Å²) in [4.78, 5) is 20.6. The molecule has 1 saturated heterocycles. The van der Waals surface area contributed by atoms with Gasteiger partial charge in [-0.1, -0.05) is 71.5 Å². The minimum Gasteiger partial charge on any atom is -0.355 e. The van der Waals surface area contributed by atoms with Crippen LogP contribution in [0.15, 0.2) is 60.8 Å². The number of hydrogen-bond acceptors (Lipinski definition) is 5. The molecule has 1 N–H and O–H groups in total. The van der Waals surface area contributed by atoms with Crippen molar-refractivity contribution in [3.8, 4) is 11.3 Å². The van der Waals surface area contributed by atoms with Crippen molar-refractivity contribution in [2.45, 2.75) is 26.2 Å². The second kappa shape index (κ2) is 9.12. The largest absolute Gasteiger partial charge is 0.355 e. The highest BCUT2D eigenvalue weighted by atomic mass is 32.1. The standard InChI is InChI=1S/C25H27N5OS/c1-18-9-11-20(12-10-18)22-17-30-24(27-22)32-25(28-30)29-15-5-8-21(16-29)23(31)26-14-13-19-6-3-2-4-7-19/h2-4,6-7,9-12,17,21H,5,8,13-16H2,1H3,(H,26,31)/t21-/m1/s1. The molecule has 1 fully saturated rings. The Balaban J connectivity index is 1.21. The molecular weight excluding hydrogens is 418 g/mol.